The third-order valence-electron chi connectivity index (χ3n) is 5.65. The van der Waals surface area contributed by atoms with E-state index in [-0.39, 0.29) is 17.9 Å². The number of benzene rings is 3. The molecule has 0 unspecified atom stereocenters. The molecule has 9 nitrogen and oxygen atoms in total. The summed E-state index contributed by atoms with van der Waals surface area (Å²) in [6, 6.07) is 17.2. The van der Waals surface area contributed by atoms with Gasteiger partial charge >= 0.3 is 6.03 Å². The van der Waals surface area contributed by atoms with E-state index in [9.17, 15) is 24.5 Å². The zero-order valence-electron chi connectivity index (χ0n) is 19.0. The van der Waals surface area contributed by atoms with Crippen molar-refractivity contribution in [1.29, 1.82) is 0 Å². The minimum atomic E-state index is -0.818. The summed E-state index contributed by atoms with van der Waals surface area (Å²) in [4.78, 5) is 49.9. The highest BCUT2D eigenvalue weighted by atomic mass is 16.6. The first kappa shape index (κ1) is 23.4. The maximum atomic E-state index is 13.3. The van der Waals surface area contributed by atoms with Crippen LogP contribution in [0.1, 0.15) is 22.3 Å². The Balaban J connectivity index is 1.65. The summed E-state index contributed by atoms with van der Waals surface area (Å²) in [5.41, 5.74) is 2.77. The SMILES string of the molecule is Cc1cccc(N2C(=O)NC(=O)/C(=C\c3ccccc3OCc3cccc([N+](=O)[O-])c3)C2=O)c1C. The lowest BCUT2D eigenvalue weighted by atomic mass is 10.0. The first-order valence-electron chi connectivity index (χ1n) is 10.7. The van der Waals surface area contributed by atoms with Crippen molar-refractivity contribution in [2.24, 2.45) is 0 Å². The number of non-ortho nitro benzene ring substituents is 1. The Hall–Kier alpha value is -4.79. The van der Waals surface area contributed by atoms with Crippen LogP contribution in [0.4, 0.5) is 16.2 Å². The van der Waals surface area contributed by atoms with Gasteiger partial charge in [0.2, 0.25) is 0 Å². The minimum absolute atomic E-state index is 0.0368. The van der Waals surface area contributed by atoms with Gasteiger partial charge < -0.3 is 4.74 Å². The number of ether oxygens (including phenoxy) is 1. The molecule has 35 heavy (non-hydrogen) atoms. The van der Waals surface area contributed by atoms with E-state index in [4.69, 9.17) is 4.74 Å². The third kappa shape index (κ3) is 4.79. The molecule has 4 amide bonds. The van der Waals surface area contributed by atoms with Crippen molar-refractivity contribution >= 4 is 35.3 Å². The number of barbiturate groups is 1. The van der Waals surface area contributed by atoms with Gasteiger partial charge in [0, 0.05) is 17.7 Å². The highest BCUT2D eigenvalue weighted by Gasteiger charge is 2.37. The highest BCUT2D eigenvalue weighted by Crippen LogP contribution is 2.29. The zero-order chi connectivity index (χ0) is 25.1. The van der Waals surface area contributed by atoms with Crippen molar-refractivity contribution in [2.45, 2.75) is 20.5 Å². The number of nitro benzene ring substituents is 1. The molecule has 1 N–H and O–H groups in total. The lowest BCUT2D eigenvalue weighted by Gasteiger charge is -2.28. The number of imide groups is 2. The number of aryl methyl sites for hydroxylation is 1. The van der Waals surface area contributed by atoms with E-state index in [2.05, 4.69) is 5.32 Å². The summed E-state index contributed by atoms with van der Waals surface area (Å²) in [6.07, 6.45) is 1.37. The molecule has 0 atom stereocenters. The number of urea groups is 1. The minimum Gasteiger partial charge on any atom is -0.488 e. The van der Waals surface area contributed by atoms with Crippen LogP contribution < -0.4 is 15.0 Å². The molecule has 4 rings (SSSR count). The average molecular weight is 471 g/mol. The van der Waals surface area contributed by atoms with Crippen molar-refractivity contribution < 1.29 is 24.0 Å². The summed E-state index contributed by atoms with van der Waals surface area (Å²) in [6.45, 7) is 3.69. The van der Waals surface area contributed by atoms with Gasteiger partial charge in [-0.05, 0) is 48.7 Å². The van der Waals surface area contributed by atoms with E-state index < -0.39 is 22.8 Å². The van der Waals surface area contributed by atoms with Crippen LogP contribution in [0.15, 0.2) is 72.3 Å². The number of nitrogens with zero attached hydrogens (tertiary/aromatic N) is 2. The number of carbonyl (C=O) groups is 3. The van der Waals surface area contributed by atoms with Crippen LogP contribution in [0.3, 0.4) is 0 Å². The molecule has 0 radical (unpaired) electrons. The maximum Gasteiger partial charge on any atom is 0.335 e. The van der Waals surface area contributed by atoms with E-state index in [0.717, 1.165) is 16.0 Å². The van der Waals surface area contributed by atoms with Gasteiger partial charge in [-0.2, -0.15) is 0 Å². The number of nitro groups is 1. The second-order valence-corrected chi connectivity index (χ2v) is 7.93. The van der Waals surface area contributed by atoms with Gasteiger partial charge in [0.05, 0.1) is 10.6 Å². The lowest BCUT2D eigenvalue weighted by molar-refractivity contribution is -0.384. The Bertz CT molecular complexity index is 1400. The molecule has 0 bridgehead atoms. The number of carbonyl (C=O) groups excluding carboxylic acids is 3. The molecule has 1 heterocycles. The van der Waals surface area contributed by atoms with E-state index in [1.54, 1.807) is 55.5 Å². The number of amides is 4. The predicted molar refractivity (Wildman–Crippen MR) is 129 cm³/mol. The van der Waals surface area contributed by atoms with E-state index in [1.165, 1.54) is 18.2 Å². The predicted octanol–water partition coefficient (Wildman–Crippen LogP) is 4.46. The molecule has 1 aliphatic rings. The van der Waals surface area contributed by atoms with Crippen molar-refractivity contribution in [3.8, 4) is 5.75 Å². The average Bonchev–Trinajstić information content (AvgIpc) is 2.83. The number of rotatable bonds is 6. The van der Waals surface area contributed by atoms with Gasteiger partial charge in [-0.3, -0.25) is 25.0 Å². The normalized spacial score (nSPS) is 14.7. The fourth-order valence-corrected chi connectivity index (χ4v) is 3.66. The van der Waals surface area contributed by atoms with Crippen molar-refractivity contribution in [3.63, 3.8) is 0 Å². The van der Waals surface area contributed by atoms with Crippen LogP contribution in [-0.2, 0) is 16.2 Å². The summed E-state index contributed by atoms with van der Waals surface area (Å²) in [5, 5.41) is 13.2. The molecule has 1 fully saturated rings. The number of hydrogen-bond acceptors (Lipinski definition) is 6. The monoisotopic (exact) mass is 471 g/mol. The van der Waals surface area contributed by atoms with Crippen molar-refractivity contribution in [1.82, 2.24) is 5.32 Å². The molecule has 0 saturated carbocycles. The second kappa shape index (κ2) is 9.60. The number of nitrogens with one attached hydrogen (secondary N) is 1. The van der Waals surface area contributed by atoms with Gasteiger partial charge in [0.15, 0.2) is 0 Å². The standard InChI is InChI=1S/C26H21N3O6/c1-16-7-5-11-22(17(16)2)28-25(31)21(24(30)27-26(28)32)14-19-9-3-4-12-23(19)35-15-18-8-6-10-20(13-18)29(33)34/h3-14H,15H2,1-2H3,(H,27,30,32)/b21-14+. The van der Waals surface area contributed by atoms with Gasteiger partial charge in [-0.1, -0.05) is 42.5 Å². The van der Waals surface area contributed by atoms with E-state index >= 15 is 0 Å². The largest absolute Gasteiger partial charge is 0.488 e. The Kier molecular flexibility index (Phi) is 6.41. The highest BCUT2D eigenvalue weighted by molar-refractivity contribution is 6.39. The molecule has 3 aromatic rings. The Morgan fingerprint density at radius 1 is 1.00 bits per heavy atom. The van der Waals surface area contributed by atoms with Gasteiger partial charge in [0.25, 0.3) is 17.5 Å². The molecule has 0 aliphatic carbocycles. The van der Waals surface area contributed by atoms with Gasteiger partial charge in [0.1, 0.15) is 17.9 Å². The van der Waals surface area contributed by atoms with E-state index in [0.29, 0.717) is 22.6 Å². The maximum absolute atomic E-state index is 13.3. The zero-order valence-corrected chi connectivity index (χ0v) is 19.0. The molecular formula is C26H21N3O6. The number of anilines is 1. The number of para-hydroxylation sites is 1. The first-order chi connectivity index (χ1) is 16.8. The molecule has 1 saturated heterocycles. The van der Waals surface area contributed by atoms with Gasteiger partial charge in [-0.25, -0.2) is 9.69 Å². The quantitative estimate of drug-likeness (QED) is 0.245. The molecule has 176 valence electrons. The van der Waals surface area contributed by atoms with Crippen LogP contribution in [0.5, 0.6) is 5.75 Å². The molecule has 0 aromatic heterocycles. The number of hydrogen-bond donors (Lipinski definition) is 1. The summed E-state index contributed by atoms with van der Waals surface area (Å²) in [5.74, 6) is -1.20. The third-order valence-corrected chi connectivity index (χ3v) is 5.65. The molecule has 1 aliphatic heterocycles. The Morgan fingerprint density at radius 2 is 1.74 bits per heavy atom. The van der Waals surface area contributed by atoms with Crippen LogP contribution in [0.25, 0.3) is 6.08 Å². The summed E-state index contributed by atoms with van der Waals surface area (Å²) in [7, 11) is 0. The van der Waals surface area contributed by atoms with Crippen LogP contribution in [-0.4, -0.2) is 22.8 Å². The molecular weight excluding hydrogens is 450 g/mol. The smallest absolute Gasteiger partial charge is 0.335 e. The second-order valence-electron chi connectivity index (χ2n) is 7.93. The molecule has 9 heteroatoms. The van der Waals surface area contributed by atoms with Crippen molar-refractivity contribution in [3.05, 3.63) is 105 Å². The summed E-state index contributed by atoms with van der Waals surface area (Å²) >= 11 is 0. The molecule has 0 spiro atoms. The topological polar surface area (TPSA) is 119 Å². The Labute approximate surface area is 200 Å². The summed E-state index contributed by atoms with van der Waals surface area (Å²) < 4.78 is 5.85. The lowest BCUT2D eigenvalue weighted by Crippen LogP contribution is -2.54. The van der Waals surface area contributed by atoms with Crippen LogP contribution in [0.2, 0.25) is 0 Å². The molecule has 3 aromatic carbocycles. The van der Waals surface area contributed by atoms with Gasteiger partial charge in [-0.15, -0.1) is 0 Å². The first-order valence-corrected chi connectivity index (χ1v) is 10.7. The van der Waals surface area contributed by atoms with Crippen molar-refractivity contribution in [2.75, 3.05) is 4.90 Å². The van der Waals surface area contributed by atoms with Crippen LogP contribution in [0, 0.1) is 24.0 Å². The van der Waals surface area contributed by atoms with Crippen LogP contribution >= 0.6 is 0 Å². The fraction of sp³-hybridized carbons (Fsp3) is 0.115. The fourth-order valence-electron chi connectivity index (χ4n) is 3.66. The van der Waals surface area contributed by atoms with E-state index in [1.807, 2.05) is 13.0 Å². The Morgan fingerprint density at radius 3 is 2.51 bits per heavy atom.